The van der Waals surface area contributed by atoms with Gasteiger partial charge in [0.05, 0.1) is 26.2 Å². The zero-order valence-electron chi connectivity index (χ0n) is 22.6. The van der Waals surface area contributed by atoms with E-state index >= 15 is 0 Å². The zero-order chi connectivity index (χ0) is 27.2. The number of carbonyl (C=O) groups is 2. The first-order valence-corrected chi connectivity index (χ1v) is 13.4. The Bertz CT molecular complexity index is 1060. The number of hydrogen-bond acceptors (Lipinski definition) is 10. The van der Waals surface area contributed by atoms with Crippen LogP contribution in [-0.2, 0) is 33.3 Å². The maximum absolute atomic E-state index is 13.7. The molecule has 3 heterocycles. The zero-order valence-corrected chi connectivity index (χ0v) is 22.6. The highest BCUT2D eigenvalue weighted by Crippen LogP contribution is 2.51. The molecule has 0 bridgehead atoms. The van der Waals surface area contributed by atoms with E-state index in [2.05, 4.69) is 17.1 Å². The molecule has 0 aromatic heterocycles. The Kier molecular flexibility index (Phi) is 7.47. The fraction of sp³-hybridized carbons (Fsp3) is 0.714. The highest BCUT2D eigenvalue weighted by atomic mass is 16.7. The van der Waals surface area contributed by atoms with Crippen molar-refractivity contribution in [3.63, 3.8) is 0 Å². The third-order valence-corrected chi connectivity index (χ3v) is 8.49. The molecule has 10 heteroatoms. The normalized spacial score (nSPS) is 31.9. The van der Waals surface area contributed by atoms with Crippen LogP contribution in [0, 0.1) is 5.92 Å². The van der Waals surface area contributed by atoms with Crippen molar-refractivity contribution in [3.05, 3.63) is 34.6 Å². The lowest BCUT2D eigenvalue weighted by molar-refractivity contribution is -0.179. The van der Waals surface area contributed by atoms with Crippen LogP contribution in [0.3, 0.4) is 0 Å². The van der Waals surface area contributed by atoms with Crippen molar-refractivity contribution < 1.29 is 43.5 Å². The van der Waals surface area contributed by atoms with Crippen LogP contribution in [0.4, 0.5) is 0 Å². The summed E-state index contributed by atoms with van der Waals surface area (Å²) >= 11 is 0. The molecule has 0 aromatic carbocycles. The molecule has 0 radical (unpaired) electrons. The number of nitrogens with zero attached hydrogens (tertiary/aromatic N) is 1. The first-order valence-electron chi connectivity index (χ1n) is 13.4. The van der Waals surface area contributed by atoms with Crippen molar-refractivity contribution in [2.24, 2.45) is 5.92 Å². The van der Waals surface area contributed by atoms with Gasteiger partial charge in [0.25, 0.3) is 0 Å². The summed E-state index contributed by atoms with van der Waals surface area (Å²) in [5.74, 6) is -1.23. The summed E-state index contributed by atoms with van der Waals surface area (Å²) in [5, 5.41) is 21.6. The van der Waals surface area contributed by atoms with Crippen molar-refractivity contribution in [2.75, 3.05) is 34.1 Å². The van der Waals surface area contributed by atoms with Crippen LogP contribution >= 0.6 is 0 Å². The number of aliphatic hydroxyl groups is 2. The van der Waals surface area contributed by atoms with E-state index in [1.807, 2.05) is 0 Å². The maximum Gasteiger partial charge on any atom is 0.339 e. The van der Waals surface area contributed by atoms with Gasteiger partial charge in [0.2, 0.25) is 0 Å². The van der Waals surface area contributed by atoms with E-state index < -0.39 is 35.7 Å². The third kappa shape index (κ3) is 5.04. The van der Waals surface area contributed by atoms with Crippen molar-refractivity contribution >= 4 is 11.9 Å². The molecule has 2 N–H and O–H groups in total. The molecule has 6 atom stereocenters. The van der Waals surface area contributed by atoms with Crippen molar-refractivity contribution in [1.29, 1.82) is 0 Å². The average Bonchev–Trinajstić information content (AvgIpc) is 3.52. The monoisotopic (exact) mass is 533 g/mol. The lowest BCUT2D eigenvalue weighted by Gasteiger charge is -2.34. The minimum atomic E-state index is -2.10. The Hall–Kier alpha value is -2.24. The van der Waals surface area contributed by atoms with Crippen LogP contribution in [0.5, 0.6) is 0 Å². The standard InChI is InChI=1S/C28H39NO9/c1-27(2,32)8-5-9-28(33,14-21(30)34-3)26(31)38-25-22-18-13-20-19(36-15-37-20)12-16(18)6-10-29-11-7-17(23(22)29)24(25)35-4/h12-13,19-20,22-23,25,32-33H,5-11,14-15H2,1-4H3/t19?,20?,22-,23+,25-,28+/m0/s1. The Morgan fingerprint density at radius 2 is 1.79 bits per heavy atom. The highest BCUT2D eigenvalue weighted by molar-refractivity contribution is 5.86. The topological polar surface area (TPSA) is 124 Å². The van der Waals surface area contributed by atoms with E-state index in [-0.39, 0.29) is 37.4 Å². The molecule has 10 nitrogen and oxygen atoms in total. The number of methoxy groups -OCH3 is 2. The first-order chi connectivity index (χ1) is 18.0. The summed E-state index contributed by atoms with van der Waals surface area (Å²) < 4.78 is 28.3. The quantitative estimate of drug-likeness (QED) is 0.424. The molecular weight excluding hydrogens is 494 g/mol. The van der Waals surface area contributed by atoms with E-state index in [0.29, 0.717) is 18.6 Å². The molecular formula is C28H39NO9. The molecule has 2 unspecified atom stereocenters. The highest BCUT2D eigenvalue weighted by Gasteiger charge is 2.56. The van der Waals surface area contributed by atoms with Gasteiger partial charge >= 0.3 is 11.9 Å². The van der Waals surface area contributed by atoms with Crippen molar-refractivity contribution in [2.45, 2.75) is 87.9 Å². The number of esters is 2. The van der Waals surface area contributed by atoms with Crippen LogP contribution < -0.4 is 0 Å². The molecule has 0 spiro atoms. The largest absolute Gasteiger partial charge is 0.497 e. The van der Waals surface area contributed by atoms with Crippen LogP contribution in [0.25, 0.3) is 0 Å². The third-order valence-electron chi connectivity index (χ3n) is 8.49. The molecule has 210 valence electrons. The van der Waals surface area contributed by atoms with Gasteiger partial charge in [-0.3, -0.25) is 9.69 Å². The van der Waals surface area contributed by atoms with Gasteiger partial charge in [-0.25, -0.2) is 4.79 Å². The predicted molar refractivity (Wildman–Crippen MR) is 135 cm³/mol. The molecule has 3 fully saturated rings. The van der Waals surface area contributed by atoms with Crippen molar-refractivity contribution in [1.82, 2.24) is 4.90 Å². The van der Waals surface area contributed by atoms with E-state index in [1.165, 1.54) is 7.11 Å². The van der Waals surface area contributed by atoms with E-state index in [1.54, 1.807) is 21.0 Å². The molecule has 3 aliphatic heterocycles. The number of fused-ring (bicyclic) bond motifs is 3. The summed E-state index contributed by atoms with van der Waals surface area (Å²) in [6.45, 7) is 5.31. The van der Waals surface area contributed by atoms with Gasteiger partial charge in [0, 0.05) is 25.0 Å². The summed E-state index contributed by atoms with van der Waals surface area (Å²) in [6.07, 6.45) is 4.86. The number of rotatable bonds is 9. The van der Waals surface area contributed by atoms with Crippen LogP contribution in [0.2, 0.25) is 0 Å². The summed E-state index contributed by atoms with van der Waals surface area (Å²) in [5.41, 5.74) is 0.255. The second-order valence-corrected chi connectivity index (χ2v) is 11.6. The average molecular weight is 534 g/mol. The second-order valence-electron chi connectivity index (χ2n) is 11.6. The Morgan fingerprint density at radius 1 is 1.08 bits per heavy atom. The van der Waals surface area contributed by atoms with Crippen LogP contribution in [0.1, 0.15) is 52.4 Å². The Balaban J connectivity index is 1.46. The second kappa shape index (κ2) is 10.4. The molecule has 3 saturated heterocycles. The van der Waals surface area contributed by atoms with E-state index in [0.717, 1.165) is 42.7 Å². The van der Waals surface area contributed by atoms with E-state index in [9.17, 15) is 19.8 Å². The van der Waals surface area contributed by atoms with Gasteiger partial charge in [-0.15, -0.1) is 0 Å². The SMILES string of the molecule is COC(=O)C[C@](O)(CCCC(C)(C)O)C(=O)O[C@@H]1C(OC)=C2CCN3CCC4=CC5OCOC5C=C4[C@H]1[C@@H]23. The van der Waals surface area contributed by atoms with Gasteiger partial charge in [-0.1, -0.05) is 0 Å². The number of hydrogen-bond donors (Lipinski definition) is 2. The van der Waals surface area contributed by atoms with Gasteiger partial charge < -0.3 is 33.9 Å². The van der Waals surface area contributed by atoms with Gasteiger partial charge in [-0.05, 0) is 74.8 Å². The fourth-order valence-electron chi connectivity index (χ4n) is 6.63. The molecule has 0 saturated carbocycles. The van der Waals surface area contributed by atoms with Crippen molar-refractivity contribution in [3.8, 4) is 0 Å². The lowest BCUT2D eigenvalue weighted by Crippen LogP contribution is -2.47. The molecule has 0 aromatic rings. The molecule has 5 rings (SSSR count). The minimum Gasteiger partial charge on any atom is -0.497 e. The van der Waals surface area contributed by atoms with Gasteiger partial charge in [0.1, 0.15) is 24.8 Å². The minimum absolute atomic E-state index is 0.0164. The molecule has 5 aliphatic rings. The predicted octanol–water partition coefficient (Wildman–Crippen LogP) is 1.75. The Labute approximate surface area is 223 Å². The van der Waals surface area contributed by atoms with Crippen LogP contribution in [-0.4, -0.2) is 96.7 Å². The molecule has 0 amide bonds. The Morgan fingerprint density at radius 3 is 2.47 bits per heavy atom. The fourth-order valence-corrected chi connectivity index (χ4v) is 6.63. The van der Waals surface area contributed by atoms with Gasteiger partial charge in [0.15, 0.2) is 11.7 Å². The number of carbonyl (C=O) groups excluding carboxylic acids is 2. The summed E-state index contributed by atoms with van der Waals surface area (Å²) in [7, 11) is 2.79. The lowest BCUT2D eigenvalue weighted by atomic mass is 9.81. The summed E-state index contributed by atoms with van der Waals surface area (Å²) in [4.78, 5) is 28.3. The van der Waals surface area contributed by atoms with Gasteiger partial charge in [-0.2, -0.15) is 0 Å². The van der Waals surface area contributed by atoms with E-state index in [4.69, 9.17) is 23.7 Å². The smallest absolute Gasteiger partial charge is 0.339 e. The molecule has 38 heavy (non-hydrogen) atoms. The molecule has 2 aliphatic carbocycles. The van der Waals surface area contributed by atoms with Crippen LogP contribution in [0.15, 0.2) is 34.6 Å². The maximum atomic E-state index is 13.7. The summed E-state index contributed by atoms with van der Waals surface area (Å²) in [6, 6.07) is 0.0164. The first kappa shape index (κ1) is 27.3. The number of ether oxygens (including phenoxy) is 5.